The first-order valence-corrected chi connectivity index (χ1v) is 14.4. The summed E-state index contributed by atoms with van der Waals surface area (Å²) in [6.45, 7) is 12.2. The predicted molar refractivity (Wildman–Crippen MR) is 171 cm³/mol. The van der Waals surface area contributed by atoms with Gasteiger partial charge >= 0.3 is 0 Å². The minimum absolute atomic E-state index is 0.0629. The third-order valence-electron chi connectivity index (χ3n) is 7.13. The van der Waals surface area contributed by atoms with E-state index in [2.05, 4.69) is 38.3 Å². The average molecular weight is 565 g/mol. The van der Waals surface area contributed by atoms with Crippen molar-refractivity contribution in [1.82, 2.24) is 0 Å². The molecule has 0 unspecified atom stereocenters. The molecule has 0 aliphatic carbocycles. The van der Waals surface area contributed by atoms with E-state index in [9.17, 15) is 9.59 Å². The number of nitrogens with one attached hydrogen (secondary N) is 2. The van der Waals surface area contributed by atoms with Crippen molar-refractivity contribution in [3.8, 4) is 22.6 Å². The molecule has 6 heteroatoms. The summed E-state index contributed by atoms with van der Waals surface area (Å²) in [6.07, 6.45) is 0. The molecule has 42 heavy (non-hydrogen) atoms. The van der Waals surface area contributed by atoms with Crippen molar-refractivity contribution >= 4 is 23.2 Å². The van der Waals surface area contributed by atoms with Crippen molar-refractivity contribution in [2.75, 3.05) is 23.8 Å². The topological polar surface area (TPSA) is 76.7 Å². The number of hydrogen-bond donors (Lipinski definition) is 2. The molecule has 0 aliphatic rings. The maximum atomic E-state index is 12.6. The second kappa shape index (κ2) is 13.9. The van der Waals surface area contributed by atoms with Crippen LogP contribution in [0.15, 0.2) is 84.9 Å². The molecule has 0 heterocycles. The molecule has 218 valence electrons. The van der Waals surface area contributed by atoms with Gasteiger partial charge in [-0.2, -0.15) is 0 Å². The molecule has 4 rings (SSSR count). The largest absolute Gasteiger partial charge is 0.483 e. The molecular formula is C36H40N2O4. The smallest absolute Gasteiger partial charge is 0.262 e. The van der Waals surface area contributed by atoms with Crippen LogP contribution in [0.1, 0.15) is 61.8 Å². The summed E-state index contributed by atoms with van der Waals surface area (Å²) >= 11 is 0. The van der Waals surface area contributed by atoms with Crippen LogP contribution in [0.4, 0.5) is 11.4 Å². The van der Waals surface area contributed by atoms with Gasteiger partial charge in [-0.1, -0.05) is 76.2 Å². The standard InChI is InChI=1S/C36H40N2O4/c1-23(2)29-11-7-9-13-33(29)41-21-35(39)37-31-17-15-27(19-25(31)5)28-16-18-32(26(6)20-28)38-36(40)22-42-34-14-10-8-12-30(34)24(3)4/h7-20,23-24H,21-22H2,1-6H3,(H,37,39)(H,38,40). The summed E-state index contributed by atoms with van der Waals surface area (Å²) in [5, 5.41) is 5.92. The predicted octanol–water partition coefficient (Wildman–Crippen LogP) is 8.25. The normalized spacial score (nSPS) is 11.0. The molecule has 4 aromatic carbocycles. The second-order valence-electron chi connectivity index (χ2n) is 11.1. The lowest BCUT2D eigenvalue weighted by Gasteiger charge is -2.15. The zero-order valence-electron chi connectivity index (χ0n) is 25.3. The number of anilines is 2. The van der Waals surface area contributed by atoms with Crippen molar-refractivity contribution in [2.45, 2.75) is 53.4 Å². The van der Waals surface area contributed by atoms with E-state index in [4.69, 9.17) is 9.47 Å². The number of benzene rings is 4. The molecule has 0 aromatic heterocycles. The first kappa shape index (κ1) is 30.4. The highest BCUT2D eigenvalue weighted by Crippen LogP contribution is 2.29. The molecule has 2 N–H and O–H groups in total. The van der Waals surface area contributed by atoms with Gasteiger partial charge in [0.25, 0.3) is 11.8 Å². The highest BCUT2D eigenvalue weighted by atomic mass is 16.5. The quantitative estimate of drug-likeness (QED) is 0.192. The monoisotopic (exact) mass is 564 g/mol. The van der Waals surface area contributed by atoms with Gasteiger partial charge in [0.15, 0.2) is 13.2 Å². The van der Waals surface area contributed by atoms with Crippen LogP contribution in [-0.2, 0) is 9.59 Å². The first-order chi connectivity index (χ1) is 20.1. The fraction of sp³-hybridized carbons (Fsp3) is 0.278. The van der Waals surface area contributed by atoms with E-state index < -0.39 is 0 Å². The molecule has 0 atom stereocenters. The van der Waals surface area contributed by atoms with Crippen LogP contribution >= 0.6 is 0 Å². The van der Waals surface area contributed by atoms with Gasteiger partial charge in [-0.05, 0) is 95.5 Å². The van der Waals surface area contributed by atoms with Gasteiger partial charge in [-0.3, -0.25) is 9.59 Å². The van der Waals surface area contributed by atoms with Crippen molar-refractivity contribution in [3.05, 3.63) is 107 Å². The van der Waals surface area contributed by atoms with E-state index in [0.717, 1.165) is 56.3 Å². The molecule has 0 bridgehead atoms. The fourth-order valence-corrected chi connectivity index (χ4v) is 4.80. The van der Waals surface area contributed by atoms with Gasteiger partial charge in [0.1, 0.15) is 11.5 Å². The summed E-state index contributed by atoms with van der Waals surface area (Å²) < 4.78 is 11.6. The van der Waals surface area contributed by atoms with E-state index in [0.29, 0.717) is 11.8 Å². The fourth-order valence-electron chi connectivity index (χ4n) is 4.80. The summed E-state index contributed by atoms with van der Waals surface area (Å²) in [5.41, 5.74) is 7.55. The molecule has 2 amide bonds. The Bertz CT molecular complexity index is 1440. The number of carbonyl (C=O) groups is 2. The summed E-state index contributed by atoms with van der Waals surface area (Å²) in [5.74, 6) is 1.65. The molecule has 0 aliphatic heterocycles. The number of amides is 2. The van der Waals surface area contributed by atoms with Gasteiger partial charge in [-0.15, -0.1) is 0 Å². The maximum Gasteiger partial charge on any atom is 0.262 e. The summed E-state index contributed by atoms with van der Waals surface area (Å²) in [4.78, 5) is 25.3. The van der Waals surface area contributed by atoms with Gasteiger partial charge in [-0.25, -0.2) is 0 Å². The molecule has 6 nitrogen and oxygen atoms in total. The van der Waals surface area contributed by atoms with Crippen LogP contribution in [0.2, 0.25) is 0 Å². The molecule has 4 aromatic rings. The third kappa shape index (κ3) is 7.78. The van der Waals surface area contributed by atoms with E-state index in [1.165, 1.54) is 0 Å². The van der Waals surface area contributed by atoms with E-state index >= 15 is 0 Å². The van der Waals surface area contributed by atoms with Crippen LogP contribution < -0.4 is 20.1 Å². The Balaban J connectivity index is 1.35. The van der Waals surface area contributed by atoms with Gasteiger partial charge in [0.05, 0.1) is 0 Å². The van der Waals surface area contributed by atoms with Crippen LogP contribution in [-0.4, -0.2) is 25.0 Å². The van der Waals surface area contributed by atoms with Crippen LogP contribution in [0.5, 0.6) is 11.5 Å². The number of hydrogen-bond acceptors (Lipinski definition) is 4. The Kier molecular flexibility index (Phi) is 10.0. The van der Waals surface area contributed by atoms with E-state index in [-0.39, 0.29) is 25.0 Å². The van der Waals surface area contributed by atoms with E-state index in [1.54, 1.807) is 0 Å². The minimum atomic E-state index is -0.211. The summed E-state index contributed by atoms with van der Waals surface area (Å²) in [6, 6.07) is 27.4. The van der Waals surface area contributed by atoms with Gasteiger partial charge in [0, 0.05) is 11.4 Å². The Labute approximate surface area is 249 Å². The van der Waals surface area contributed by atoms with E-state index in [1.807, 2.05) is 98.8 Å². The van der Waals surface area contributed by atoms with Crippen molar-refractivity contribution in [1.29, 1.82) is 0 Å². The highest BCUT2D eigenvalue weighted by molar-refractivity contribution is 5.94. The zero-order chi connectivity index (χ0) is 30.2. The Hall–Kier alpha value is -4.58. The minimum Gasteiger partial charge on any atom is -0.483 e. The molecular weight excluding hydrogens is 524 g/mol. The highest BCUT2D eigenvalue weighted by Gasteiger charge is 2.13. The number of ether oxygens (including phenoxy) is 2. The zero-order valence-corrected chi connectivity index (χ0v) is 25.3. The maximum absolute atomic E-state index is 12.6. The first-order valence-electron chi connectivity index (χ1n) is 14.4. The van der Waals surface area contributed by atoms with Crippen molar-refractivity contribution in [2.24, 2.45) is 0 Å². The SMILES string of the molecule is Cc1cc(-c2ccc(NC(=O)COc3ccccc3C(C)C)c(C)c2)ccc1NC(=O)COc1ccccc1C(C)C. The van der Waals surface area contributed by atoms with Crippen LogP contribution in [0.3, 0.4) is 0 Å². The number of rotatable bonds is 11. The Morgan fingerprint density at radius 2 is 0.976 bits per heavy atom. The molecule has 0 saturated carbocycles. The molecule has 0 radical (unpaired) electrons. The number of carbonyl (C=O) groups excluding carboxylic acids is 2. The lowest BCUT2D eigenvalue weighted by atomic mass is 10.00. The average Bonchev–Trinajstić information content (AvgIpc) is 2.97. The van der Waals surface area contributed by atoms with Crippen molar-refractivity contribution in [3.63, 3.8) is 0 Å². The lowest BCUT2D eigenvalue weighted by molar-refractivity contribution is -0.118. The van der Waals surface area contributed by atoms with Crippen LogP contribution in [0, 0.1) is 13.8 Å². The number of para-hydroxylation sites is 2. The third-order valence-corrected chi connectivity index (χ3v) is 7.13. The second-order valence-corrected chi connectivity index (χ2v) is 11.1. The lowest BCUT2D eigenvalue weighted by Crippen LogP contribution is -2.21. The van der Waals surface area contributed by atoms with Crippen LogP contribution in [0.25, 0.3) is 11.1 Å². The Morgan fingerprint density at radius 1 is 0.595 bits per heavy atom. The molecule has 0 spiro atoms. The van der Waals surface area contributed by atoms with Crippen molar-refractivity contribution < 1.29 is 19.1 Å². The molecule has 0 fully saturated rings. The Morgan fingerprint density at radius 3 is 1.33 bits per heavy atom. The number of aryl methyl sites for hydroxylation is 2. The van der Waals surface area contributed by atoms with Gasteiger partial charge < -0.3 is 20.1 Å². The molecule has 0 saturated heterocycles. The van der Waals surface area contributed by atoms with Gasteiger partial charge in [0.2, 0.25) is 0 Å². The summed E-state index contributed by atoms with van der Waals surface area (Å²) in [7, 11) is 0.